The van der Waals surface area contributed by atoms with Gasteiger partial charge in [-0.15, -0.1) is 24.8 Å². The summed E-state index contributed by atoms with van der Waals surface area (Å²) in [4.78, 5) is 1.91. The first-order chi connectivity index (χ1) is 8.65. The van der Waals surface area contributed by atoms with Crippen LogP contribution in [0, 0.1) is 5.82 Å². The van der Waals surface area contributed by atoms with Crippen molar-refractivity contribution in [1.29, 1.82) is 0 Å². The summed E-state index contributed by atoms with van der Waals surface area (Å²) in [5.41, 5.74) is 0.291. The molecule has 20 heavy (non-hydrogen) atoms. The highest BCUT2D eigenvalue weighted by molar-refractivity contribution is 9.10. The number of hydrogen-bond donors (Lipinski definition) is 2. The fraction of sp³-hybridized carbons (Fsp3) is 0.500. The topological polar surface area (TPSA) is 35.5 Å². The Labute approximate surface area is 137 Å². The Morgan fingerprint density at radius 2 is 1.90 bits per heavy atom. The largest absolute Gasteiger partial charge is 0.505 e. The fourth-order valence-corrected chi connectivity index (χ4v) is 2.81. The molecule has 1 aliphatic rings. The van der Waals surface area contributed by atoms with Crippen LogP contribution in [0.2, 0.25) is 0 Å². The van der Waals surface area contributed by atoms with Gasteiger partial charge in [-0.1, -0.05) is 15.9 Å². The predicted molar refractivity (Wildman–Crippen MR) is 83.4 cm³/mol. The van der Waals surface area contributed by atoms with Crippen LogP contribution in [-0.4, -0.2) is 42.9 Å². The van der Waals surface area contributed by atoms with Crippen molar-refractivity contribution >= 4 is 40.7 Å². The van der Waals surface area contributed by atoms with E-state index in [2.05, 4.69) is 21.2 Å². The number of phenols is 1. The number of hydrogen-bond acceptors (Lipinski definition) is 3. The van der Waals surface area contributed by atoms with Crippen molar-refractivity contribution in [3.8, 4) is 5.75 Å². The Morgan fingerprint density at radius 3 is 2.45 bits per heavy atom. The number of rotatable bonds is 3. The van der Waals surface area contributed by atoms with Gasteiger partial charge in [0, 0.05) is 36.2 Å². The van der Waals surface area contributed by atoms with Gasteiger partial charge in [-0.05, 0) is 12.1 Å². The number of benzene rings is 1. The van der Waals surface area contributed by atoms with Gasteiger partial charge in [0.15, 0.2) is 11.6 Å². The Morgan fingerprint density at radius 1 is 1.30 bits per heavy atom. The molecule has 0 saturated carbocycles. The van der Waals surface area contributed by atoms with Crippen LogP contribution < -0.4 is 5.32 Å². The van der Waals surface area contributed by atoms with Crippen LogP contribution in [0.15, 0.2) is 16.6 Å². The molecule has 8 heteroatoms. The molecule has 0 amide bonds. The maximum Gasteiger partial charge on any atom is 0.165 e. The van der Waals surface area contributed by atoms with E-state index < -0.39 is 24.3 Å². The Balaban J connectivity index is 0.00000180. The summed E-state index contributed by atoms with van der Waals surface area (Å²) in [6.45, 7) is 2.23. The van der Waals surface area contributed by atoms with Crippen molar-refractivity contribution < 1.29 is 13.9 Å². The minimum Gasteiger partial charge on any atom is -0.505 e. The molecule has 0 radical (unpaired) electrons. The van der Waals surface area contributed by atoms with E-state index in [9.17, 15) is 13.9 Å². The molecule has 0 unspecified atom stereocenters. The van der Waals surface area contributed by atoms with Crippen molar-refractivity contribution in [1.82, 2.24) is 10.2 Å². The lowest BCUT2D eigenvalue weighted by Crippen LogP contribution is -2.45. The van der Waals surface area contributed by atoms with E-state index in [0.717, 1.165) is 19.2 Å². The monoisotopic (exact) mass is 392 g/mol. The maximum absolute atomic E-state index is 13.4. The van der Waals surface area contributed by atoms with Crippen molar-refractivity contribution in [2.24, 2.45) is 0 Å². The Hall–Kier alpha value is -0.140. The zero-order chi connectivity index (χ0) is 13.1. The van der Waals surface area contributed by atoms with Crippen LogP contribution in [-0.2, 0) is 0 Å². The number of aromatic hydroxyl groups is 1. The van der Waals surface area contributed by atoms with Crippen molar-refractivity contribution in [2.75, 3.05) is 32.9 Å². The van der Waals surface area contributed by atoms with Gasteiger partial charge in [0.25, 0.3) is 0 Å². The normalized spacial score (nSPS) is 16.9. The van der Waals surface area contributed by atoms with Crippen LogP contribution >= 0.6 is 40.7 Å². The third-order valence-corrected chi connectivity index (χ3v) is 3.88. The zero-order valence-electron chi connectivity index (χ0n) is 10.6. The molecule has 3 nitrogen and oxygen atoms in total. The molecule has 0 spiro atoms. The zero-order valence-corrected chi connectivity index (χ0v) is 13.8. The maximum atomic E-state index is 13.4. The average molecular weight is 394 g/mol. The molecule has 2 N–H and O–H groups in total. The van der Waals surface area contributed by atoms with Gasteiger partial charge in [0.1, 0.15) is 6.67 Å². The molecule has 116 valence electrons. The van der Waals surface area contributed by atoms with Gasteiger partial charge in [0.05, 0.1) is 6.04 Å². The van der Waals surface area contributed by atoms with Crippen LogP contribution in [0.1, 0.15) is 11.6 Å². The van der Waals surface area contributed by atoms with E-state index in [-0.39, 0.29) is 24.8 Å². The van der Waals surface area contributed by atoms with Gasteiger partial charge in [-0.2, -0.15) is 0 Å². The highest BCUT2D eigenvalue weighted by Gasteiger charge is 2.27. The number of halogens is 5. The second-order valence-corrected chi connectivity index (χ2v) is 5.10. The predicted octanol–water partition coefficient (Wildman–Crippen LogP) is 3.05. The van der Waals surface area contributed by atoms with E-state index in [1.54, 1.807) is 0 Å². The van der Waals surface area contributed by atoms with Gasteiger partial charge >= 0.3 is 0 Å². The van der Waals surface area contributed by atoms with E-state index in [0.29, 0.717) is 23.1 Å². The van der Waals surface area contributed by atoms with Gasteiger partial charge in [-0.25, -0.2) is 8.78 Å². The molecular weight excluding hydrogens is 377 g/mol. The molecule has 1 saturated heterocycles. The summed E-state index contributed by atoms with van der Waals surface area (Å²) < 4.78 is 27.2. The molecule has 1 fully saturated rings. The van der Waals surface area contributed by atoms with Gasteiger partial charge < -0.3 is 10.4 Å². The molecule has 1 heterocycles. The fourth-order valence-electron chi connectivity index (χ4n) is 2.22. The van der Waals surface area contributed by atoms with Crippen LogP contribution in [0.3, 0.4) is 0 Å². The van der Waals surface area contributed by atoms with Crippen LogP contribution in [0.25, 0.3) is 0 Å². The molecule has 1 aromatic rings. The van der Waals surface area contributed by atoms with Crippen LogP contribution in [0.4, 0.5) is 8.78 Å². The van der Waals surface area contributed by atoms with Gasteiger partial charge in [0.2, 0.25) is 0 Å². The summed E-state index contributed by atoms with van der Waals surface area (Å²) in [6, 6.07) is 2.04. The molecular formula is C12H17BrCl2F2N2O. The highest BCUT2D eigenvalue weighted by Crippen LogP contribution is 2.37. The third-order valence-electron chi connectivity index (χ3n) is 3.19. The molecule has 0 aromatic heterocycles. The van der Waals surface area contributed by atoms with E-state index >= 15 is 0 Å². The first-order valence-electron chi connectivity index (χ1n) is 5.82. The van der Waals surface area contributed by atoms with E-state index in [4.69, 9.17) is 0 Å². The minimum absolute atomic E-state index is 0. The summed E-state index contributed by atoms with van der Waals surface area (Å²) in [6.07, 6.45) is 0. The summed E-state index contributed by atoms with van der Waals surface area (Å²) in [5.74, 6) is -1.19. The SMILES string of the molecule is Cl.Cl.Oc1c(F)ccc(Br)c1[C@H](CF)N1CCNCC1. The molecule has 1 aromatic carbocycles. The highest BCUT2D eigenvalue weighted by atomic mass is 79.9. The first-order valence-corrected chi connectivity index (χ1v) is 6.62. The van der Waals surface area contributed by atoms with E-state index in [1.165, 1.54) is 6.07 Å². The lowest BCUT2D eigenvalue weighted by Gasteiger charge is -2.34. The van der Waals surface area contributed by atoms with E-state index in [1.807, 2.05) is 4.90 Å². The Kier molecular flexibility index (Phi) is 8.93. The van der Waals surface area contributed by atoms with Crippen molar-refractivity contribution in [3.05, 3.63) is 28.0 Å². The van der Waals surface area contributed by atoms with Crippen molar-refractivity contribution in [2.45, 2.75) is 6.04 Å². The number of nitrogens with one attached hydrogen (secondary N) is 1. The second kappa shape index (κ2) is 9.00. The number of nitrogens with zero attached hydrogens (tertiary/aromatic N) is 1. The lowest BCUT2D eigenvalue weighted by atomic mass is 10.0. The lowest BCUT2D eigenvalue weighted by molar-refractivity contribution is 0.144. The van der Waals surface area contributed by atoms with Crippen molar-refractivity contribution in [3.63, 3.8) is 0 Å². The molecule has 1 aliphatic heterocycles. The second-order valence-electron chi connectivity index (χ2n) is 4.25. The quantitative estimate of drug-likeness (QED) is 0.828. The number of alkyl halides is 1. The first kappa shape index (κ1) is 19.9. The molecule has 0 bridgehead atoms. The minimum atomic E-state index is -0.721. The third kappa shape index (κ3) is 4.18. The molecule has 2 rings (SSSR count). The summed E-state index contributed by atoms with van der Waals surface area (Å²) >= 11 is 3.25. The standard InChI is InChI=1S/C12H15BrF2N2O.2ClH/c13-8-1-2-9(15)12(18)11(8)10(7-14)17-5-3-16-4-6-17;;/h1-2,10,16,18H,3-7H2;2*1H/t10-;;/m0../s1. The number of phenolic OH excluding ortho intramolecular Hbond substituents is 1. The number of piperazine rings is 1. The molecule has 0 aliphatic carbocycles. The summed E-state index contributed by atoms with van der Waals surface area (Å²) in [7, 11) is 0. The average Bonchev–Trinajstić information content (AvgIpc) is 2.40. The van der Waals surface area contributed by atoms with Gasteiger partial charge in [-0.3, -0.25) is 4.90 Å². The van der Waals surface area contributed by atoms with Crippen LogP contribution in [0.5, 0.6) is 5.75 Å². The summed E-state index contributed by atoms with van der Waals surface area (Å²) in [5, 5.41) is 13.0. The smallest absolute Gasteiger partial charge is 0.165 e. The Bertz CT molecular complexity index is 434. The molecule has 1 atom stereocenters.